The smallest absolute Gasteiger partial charge is 0.317 e. The lowest BCUT2D eigenvalue weighted by Gasteiger charge is -2.33. The maximum Gasteiger partial charge on any atom is 0.317 e. The van der Waals surface area contributed by atoms with Crippen molar-refractivity contribution in [2.75, 3.05) is 19.6 Å². The Bertz CT molecular complexity index is 682. The van der Waals surface area contributed by atoms with Gasteiger partial charge in [0.1, 0.15) is 11.9 Å². The van der Waals surface area contributed by atoms with Crippen LogP contribution in [0.2, 0.25) is 0 Å². The Morgan fingerprint density at radius 1 is 1.08 bits per heavy atom. The second-order valence-corrected chi connectivity index (χ2v) is 6.35. The van der Waals surface area contributed by atoms with Crippen LogP contribution in [0.5, 0.6) is 0 Å². The molecule has 1 heterocycles. The zero-order chi connectivity index (χ0) is 17.6. The fourth-order valence-electron chi connectivity index (χ4n) is 3.20. The Labute approximate surface area is 146 Å². The molecule has 1 saturated heterocycles. The Kier molecular flexibility index (Phi) is 5.79. The van der Waals surface area contributed by atoms with Crippen molar-refractivity contribution >= 4 is 5.97 Å². The fraction of sp³-hybridized carbons (Fsp3) is 0.350. The van der Waals surface area contributed by atoms with E-state index >= 15 is 0 Å². The number of rotatable bonds is 6. The molecule has 1 atom stereocenters. The molecule has 25 heavy (non-hydrogen) atoms. The van der Waals surface area contributed by atoms with Crippen LogP contribution in [0.4, 0.5) is 4.39 Å². The number of ether oxygens (including phenoxy) is 1. The van der Waals surface area contributed by atoms with Gasteiger partial charge in [0.15, 0.2) is 0 Å². The van der Waals surface area contributed by atoms with Gasteiger partial charge in [0.05, 0.1) is 12.6 Å². The minimum absolute atomic E-state index is 0.0558. The maximum atomic E-state index is 13.3. The first-order valence-corrected chi connectivity index (χ1v) is 8.52. The highest BCUT2D eigenvalue weighted by Gasteiger charge is 2.25. The summed E-state index contributed by atoms with van der Waals surface area (Å²) in [4.78, 5) is 12.7. The Morgan fingerprint density at radius 3 is 2.28 bits per heavy atom. The van der Waals surface area contributed by atoms with Gasteiger partial charge in [0.25, 0.3) is 0 Å². The van der Waals surface area contributed by atoms with Crippen LogP contribution >= 0.6 is 0 Å². The number of hydrogen-bond acceptors (Lipinski definition) is 3. The van der Waals surface area contributed by atoms with Gasteiger partial charge in [-0.05, 0) is 36.1 Å². The molecular weight excluding hydrogens is 321 g/mol. The molecule has 0 spiro atoms. The van der Waals surface area contributed by atoms with Gasteiger partial charge < -0.3 is 9.84 Å². The molecule has 1 fully saturated rings. The summed E-state index contributed by atoms with van der Waals surface area (Å²) in [5.74, 6) is -1.06. The van der Waals surface area contributed by atoms with Crippen LogP contribution in [-0.4, -0.2) is 41.7 Å². The highest BCUT2D eigenvalue weighted by molar-refractivity contribution is 5.69. The van der Waals surface area contributed by atoms with Gasteiger partial charge in [-0.2, -0.15) is 0 Å². The highest BCUT2D eigenvalue weighted by atomic mass is 19.1. The van der Waals surface area contributed by atoms with Crippen molar-refractivity contribution in [3.63, 3.8) is 0 Å². The van der Waals surface area contributed by atoms with Gasteiger partial charge in [-0.1, -0.05) is 42.5 Å². The van der Waals surface area contributed by atoms with Crippen molar-refractivity contribution in [2.24, 2.45) is 0 Å². The Balaban J connectivity index is 1.71. The van der Waals surface area contributed by atoms with Crippen molar-refractivity contribution < 1.29 is 19.0 Å². The number of carboxylic acid groups (broad SMARTS) is 1. The van der Waals surface area contributed by atoms with Crippen molar-refractivity contribution in [3.8, 4) is 0 Å². The lowest BCUT2D eigenvalue weighted by molar-refractivity contribution is -0.139. The second-order valence-electron chi connectivity index (χ2n) is 6.35. The van der Waals surface area contributed by atoms with E-state index in [1.54, 1.807) is 12.1 Å². The molecule has 1 aliphatic heterocycles. The predicted molar refractivity (Wildman–Crippen MR) is 92.9 cm³/mol. The quantitative estimate of drug-likeness (QED) is 0.872. The van der Waals surface area contributed by atoms with E-state index in [0.717, 1.165) is 24.0 Å². The molecule has 0 saturated carbocycles. The van der Waals surface area contributed by atoms with E-state index in [9.17, 15) is 9.18 Å². The van der Waals surface area contributed by atoms with Gasteiger partial charge >= 0.3 is 5.97 Å². The zero-order valence-electron chi connectivity index (χ0n) is 14.0. The van der Waals surface area contributed by atoms with Gasteiger partial charge in [0, 0.05) is 13.1 Å². The average Bonchev–Trinajstić information content (AvgIpc) is 2.62. The predicted octanol–water partition coefficient (Wildman–Crippen LogP) is 3.48. The minimum atomic E-state index is -0.798. The summed E-state index contributed by atoms with van der Waals surface area (Å²) in [7, 11) is 0. The number of nitrogens with zero attached hydrogens (tertiary/aromatic N) is 1. The number of likely N-dealkylation sites (tertiary alicyclic amines) is 1. The summed E-state index contributed by atoms with van der Waals surface area (Å²) in [5, 5.41) is 8.89. The van der Waals surface area contributed by atoms with E-state index in [1.165, 1.54) is 12.1 Å². The van der Waals surface area contributed by atoms with Crippen LogP contribution < -0.4 is 0 Å². The highest BCUT2D eigenvalue weighted by Crippen LogP contribution is 2.30. The SMILES string of the molecule is O=C(O)CN1CCC(OC(c2ccccc2)c2ccc(F)cc2)CC1. The molecule has 5 heteroatoms. The van der Waals surface area contributed by atoms with Crippen LogP contribution in [0.1, 0.15) is 30.1 Å². The van der Waals surface area contributed by atoms with Gasteiger partial charge in [-0.15, -0.1) is 0 Å². The van der Waals surface area contributed by atoms with Gasteiger partial charge in [-0.3, -0.25) is 9.69 Å². The molecule has 0 amide bonds. The molecule has 1 unspecified atom stereocenters. The van der Waals surface area contributed by atoms with E-state index in [1.807, 2.05) is 35.2 Å². The molecule has 2 aromatic rings. The van der Waals surface area contributed by atoms with Crippen LogP contribution in [0.3, 0.4) is 0 Å². The summed E-state index contributed by atoms with van der Waals surface area (Å²) < 4.78 is 19.6. The van der Waals surface area contributed by atoms with Gasteiger partial charge in [0.2, 0.25) is 0 Å². The molecule has 2 aromatic carbocycles. The molecule has 0 aromatic heterocycles. The number of carbonyl (C=O) groups is 1. The summed E-state index contributed by atoms with van der Waals surface area (Å²) in [6, 6.07) is 16.3. The van der Waals surface area contributed by atoms with E-state index in [4.69, 9.17) is 9.84 Å². The first-order valence-electron chi connectivity index (χ1n) is 8.52. The average molecular weight is 343 g/mol. The first-order chi connectivity index (χ1) is 12.1. The zero-order valence-corrected chi connectivity index (χ0v) is 14.0. The molecule has 0 bridgehead atoms. The number of hydrogen-bond donors (Lipinski definition) is 1. The molecule has 132 valence electrons. The van der Waals surface area contributed by atoms with E-state index < -0.39 is 5.97 Å². The summed E-state index contributed by atoms with van der Waals surface area (Å²) in [6.07, 6.45) is 1.38. The third kappa shape index (κ3) is 4.87. The van der Waals surface area contributed by atoms with Crippen LogP contribution in [0, 0.1) is 5.82 Å². The topological polar surface area (TPSA) is 49.8 Å². The van der Waals surface area contributed by atoms with Crippen molar-refractivity contribution in [3.05, 3.63) is 71.5 Å². The Hall–Kier alpha value is -2.24. The first kappa shape index (κ1) is 17.6. The summed E-state index contributed by atoms with van der Waals surface area (Å²) in [5.41, 5.74) is 1.95. The number of aliphatic carboxylic acids is 1. The molecule has 4 nitrogen and oxygen atoms in total. The molecule has 1 N–H and O–H groups in total. The van der Waals surface area contributed by atoms with Crippen LogP contribution in [-0.2, 0) is 9.53 Å². The normalized spacial score (nSPS) is 17.3. The number of piperidine rings is 1. The molecule has 3 rings (SSSR count). The van der Waals surface area contributed by atoms with Crippen LogP contribution in [0.25, 0.3) is 0 Å². The number of benzene rings is 2. The number of carboxylic acids is 1. The van der Waals surface area contributed by atoms with E-state index in [2.05, 4.69) is 0 Å². The molecular formula is C20H22FNO3. The molecule has 0 aliphatic carbocycles. The van der Waals surface area contributed by atoms with Crippen LogP contribution in [0.15, 0.2) is 54.6 Å². The van der Waals surface area contributed by atoms with Crippen molar-refractivity contribution in [1.82, 2.24) is 4.90 Å². The fourth-order valence-corrected chi connectivity index (χ4v) is 3.20. The second kappa shape index (κ2) is 8.23. The van der Waals surface area contributed by atoms with Crippen molar-refractivity contribution in [1.29, 1.82) is 0 Å². The van der Waals surface area contributed by atoms with Crippen molar-refractivity contribution in [2.45, 2.75) is 25.0 Å². The molecule has 0 radical (unpaired) electrons. The summed E-state index contributed by atoms with van der Waals surface area (Å²) in [6.45, 7) is 1.50. The summed E-state index contributed by atoms with van der Waals surface area (Å²) >= 11 is 0. The lowest BCUT2D eigenvalue weighted by Crippen LogP contribution is -2.40. The largest absolute Gasteiger partial charge is 0.480 e. The maximum absolute atomic E-state index is 13.3. The Morgan fingerprint density at radius 2 is 1.68 bits per heavy atom. The van der Waals surface area contributed by atoms with E-state index in [0.29, 0.717) is 13.1 Å². The molecule has 1 aliphatic rings. The lowest BCUT2D eigenvalue weighted by atomic mass is 10.00. The third-order valence-corrected chi connectivity index (χ3v) is 4.50. The standard InChI is InChI=1S/C20H22FNO3/c21-17-8-6-16(7-9-17)20(15-4-2-1-3-5-15)25-18-10-12-22(13-11-18)14-19(23)24/h1-9,18,20H,10-14H2,(H,23,24). The minimum Gasteiger partial charge on any atom is -0.480 e. The number of halogens is 1. The monoisotopic (exact) mass is 343 g/mol. The van der Waals surface area contributed by atoms with Gasteiger partial charge in [-0.25, -0.2) is 4.39 Å². The third-order valence-electron chi connectivity index (χ3n) is 4.50. The van der Waals surface area contributed by atoms with E-state index in [-0.39, 0.29) is 24.6 Å².